The summed E-state index contributed by atoms with van der Waals surface area (Å²) in [4.78, 5) is 72.7. The van der Waals surface area contributed by atoms with Gasteiger partial charge in [-0.05, 0) is 18.8 Å². The highest BCUT2D eigenvalue weighted by Gasteiger charge is 2.40. The van der Waals surface area contributed by atoms with Gasteiger partial charge in [0.2, 0.25) is 29.5 Å². The van der Waals surface area contributed by atoms with Crippen molar-refractivity contribution in [2.24, 2.45) is 23.1 Å². The summed E-state index contributed by atoms with van der Waals surface area (Å²) in [5.41, 5.74) is 15.7. The Morgan fingerprint density at radius 1 is 1.03 bits per heavy atom. The van der Waals surface area contributed by atoms with Gasteiger partial charge in [0.15, 0.2) is 0 Å². The molecular weight excluding hydrogens is 412 g/mol. The van der Waals surface area contributed by atoms with Gasteiger partial charge in [-0.1, -0.05) is 13.8 Å². The van der Waals surface area contributed by atoms with Gasteiger partial charge in [-0.3, -0.25) is 24.0 Å². The van der Waals surface area contributed by atoms with Gasteiger partial charge in [0.1, 0.15) is 18.1 Å². The molecule has 1 aliphatic heterocycles. The first-order valence-corrected chi connectivity index (χ1v) is 9.81. The van der Waals surface area contributed by atoms with Crippen LogP contribution in [0.5, 0.6) is 0 Å². The fraction of sp³-hybridized carbons (Fsp3) is 0.667. The summed E-state index contributed by atoms with van der Waals surface area (Å²) >= 11 is 0. The molecule has 0 spiro atoms. The maximum Gasteiger partial charge on any atom is 0.326 e. The van der Waals surface area contributed by atoms with E-state index in [2.05, 4.69) is 10.6 Å². The fourth-order valence-electron chi connectivity index (χ4n) is 3.26. The monoisotopic (exact) mass is 442 g/mol. The number of carboxylic acid groups (broad SMARTS) is 1. The number of aliphatic carboxylic acids is 1. The predicted octanol–water partition coefficient (Wildman–Crippen LogP) is -3.23. The van der Waals surface area contributed by atoms with Crippen molar-refractivity contribution in [3.8, 4) is 0 Å². The van der Waals surface area contributed by atoms with E-state index in [-0.39, 0.29) is 18.9 Å². The van der Waals surface area contributed by atoms with Crippen molar-refractivity contribution in [2.75, 3.05) is 6.54 Å². The Kier molecular flexibility index (Phi) is 9.37. The van der Waals surface area contributed by atoms with Crippen molar-refractivity contribution in [1.29, 1.82) is 0 Å². The van der Waals surface area contributed by atoms with Gasteiger partial charge >= 0.3 is 5.97 Å². The van der Waals surface area contributed by atoms with E-state index in [0.29, 0.717) is 6.42 Å². The molecule has 31 heavy (non-hydrogen) atoms. The van der Waals surface area contributed by atoms with Crippen molar-refractivity contribution in [1.82, 2.24) is 15.5 Å². The van der Waals surface area contributed by atoms with Crippen LogP contribution in [0.2, 0.25) is 0 Å². The van der Waals surface area contributed by atoms with Gasteiger partial charge in [0.25, 0.3) is 0 Å². The molecule has 1 fully saturated rings. The zero-order valence-corrected chi connectivity index (χ0v) is 17.5. The number of carbonyl (C=O) groups is 6. The Morgan fingerprint density at radius 2 is 1.61 bits per heavy atom. The van der Waals surface area contributed by atoms with Gasteiger partial charge in [-0.2, -0.15) is 0 Å². The predicted molar refractivity (Wildman–Crippen MR) is 107 cm³/mol. The minimum Gasteiger partial charge on any atom is -0.480 e. The highest BCUT2D eigenvalue weighted by molar-refractivity contribution is 5.97. The third-order valence-corrected chi connectivity index (χ3v) is 4.85. The van der Waals surface area contributed by atoms with Gasteiger partial charge in [0.05, 0.1) is 18.9 Å². The number of hydrogen-bond donors (Lipinski definition) is 6. The minimum absolute atomic E-state index is 0.162. The maximum atomic E-state index is 13.0. The first-order chi connectivity index (χ1) is 14.3. The molecule has 0 aromatic carbocycles. The molecular formula is C18H30N6O7. The number of carboxylic acids is 1. The number of nitrogens with zero attached hydrogens (tertiary/aromatic N) is 1. The maximum absolute atomic E-state index is 13.0. The van der Waals surface area contributed by atoms with Crippen molar-refractivity contribution in [3.05, 3.63) is 0 Å². The van der Waals surface area contributed by atoms with Gasteiger partial charge in [-0.15, -0.1) is 0 Å². The number of hydrogen-bond acceptors (Lipinski definition) is 7. The Labute approximate surface area is 179 Å². The molecule has 1 aliphatic rings. The van der Waals surface area contributed by atoms with E-state index in [1.54, 1.807) is 13.8 Å². The van der Waals surface area contributed by atoms with Crippen LogP contribution in [0.25, 0.3) is 0 Å². The van der Waals surface area contributed by atoms with E-state index in [9.17, 15) is 33.9 Å². The zero-order chi connectivity index (χ0) is 23.9. The second kappa shape index (κ2) is 11.2. The molecule has 4 unspecified atom stereocenters. The summed E-state index contributed by atoms with van der Waals surface area (Å²) < 4.78 is 0. The summed E-state index contributed by atoms with van der Waals surface area (Å²) in [5.74, 6) is -5.58. The molecule has 1 rings (SSSR count). The average molecular weight is 442 g/mol. The SMILES string of the molecule is CC(C)C(NC(=O)C1CCCN1C(=O)C(CC(N)=O)NC(=O)C(N)CC(N)=O)C(=O)O. The molecule has 13 heteroatoms. The van der Waals surface area contributed by atoms with Crippen LogP contribution in [0.3, 0.4) is 0 Å². The Balaban J connectivity index is 2.97. The fourth-order valence-corrected chi connectivity index (χ4v) is 3.26. The Hall–Kier alpha value is -3.22. The first-order valence-electron chi connectivity index (χ1n) is 9.81. The van der Waals surface area contributed by atoms with E-state index < -0.39 is 72.5 Å². The number of carbonyl (C=O) groups excluding carboxylic acids is 5. The lowest BCUT2D eigenvalue weighted by molar-refractivity contribution is -0.146. The van der Waals surface area contributed by atoms with Crippen LogP contribution in [-0.2, 0) is 28.8 Å². The molecule has 13 nitrogen and oxygen atoms in total. The van der Waals surface area contributed by atoms with E-state index in [1.807, 2.05) is 0 Å². The molecule has 0 saturated carbocycles. The number of rotatable bonds is 11. The third-order valence-electron chi connectivity index (χ3n) is 4.85. The molecule has 0 aromatic rings. The second-order valence-corrected chi connectivity index (χ2v) is 7.77. The smallest absolute Gasteiger partial charge is 0.326 e. The highest BCUT2D eigenvalue weighted by Crippen LogP contribution is 2.20. The molecule has 0 bridgehead atoms. The van der Waals surface area contributed by atoms with Gasteiger partial charge in [0, 0.05) is 6.54 Å². The van der Waals surface area contributed by atoms with Crippen molar-refractivity contribution < 1.29 is 33.9 Å². The Morgan fingerprint density at radius 3 is 2.10 bits per heavy atom. The van der Waals surface area contributed by atoms with Gasteiger partial charge in [-0.25, -0.2) is 4.79 Å². The van der Waals surface area contributed by atoms with Crippen molar-refractivity contribution in [3.63, 3.8) is 0 Å². The number of primary amides is 2. The van der Waals surface area contributed by atoms with E-state index in [4.69, 9.17) is 17.2 Å². The van der Waals surface area contributed by atoms with Crippen LogP contribution in [0.15, 0.2) is 0 Å². The van der Waals surface area contributed by atoms with Crippen LogP contribution >= 0.6 is 0 Å². The highest BCUT2D eigenvalue weighted by atomic mass is 16.4. The van der Waals surface area contributed by atoms with Crippen LogP contribution in [0.1, 0.15) is 39.5 Å². The molecule has 1 saturated heterocycles. The quantitative estimate of drug-likeness (QED) is 0.190. The van der Waals surface area contributed by atoms with E-state index >= 15 is 0 Å². The van der Waals surface area contributed by atoms with Crippen molar-refractivity contribution in [2.45, 2.75) is 63.7 Å². The summed E-state index contributed by atoms with van der Waals surface area (Å²) in [7, 11) is 0. The van der Waals surface area contributed by atoms with E-state index in [0.717, 1.165) is 0 Å². The Bertz CT molecular complexity index is 741. The van der Waals surface area contributed by atoms with Crippen molar-refractivity contribution >= 4 is 35.5 Å². The van der Waals surface area contributed by atoms with Crippen LogP contribution in [0, 0.1) is 5.92 Å². The molecule has 0 radical (unpaired) electrons. The number of amides is 5. The van der Waals surface area contributed by atoms with Crippen LogP contribution in [0.4, 0.5) is 0 Å². The largest absolute Gasteiger partial charge is 0.480 e. The number of nitrogens with one attached hydrogen (secondary N) is 2. The van der Waals surface area contributed by atoms with Gasteiger partial charge < -0.3 is 37.8 Å². The molecule has 9 N–H and O–H groups in total. The summed E-state index contributed by atoms with van der Waals surface area (Å²) in [5, 5.41) is 14.0. The zero-order valence-electron chi connectivity index (χ0n) is 17.5. The molecule has 0 aromatic heterocycles. The van der Waals surface area contributed by atoms with Crippen LogP contribution in [-0.4, -0.2) is 76.2 Å². The van der Waals surface area contributed by atoms with E-state index in [1.165, 1.54) is 4.90 Å². The molecule has 0 aliphatic carbocycles. The lowest BCUT2D eigenvalue weighted by atomic mass is 10.0. The molecule has 5 amide bonds. The third kappa shape index (κ3) is 7.51. The van der Waals surface area contributed by atoms with Crippen LogP contribution < -0.4 is 27.8 Å². The first kappa shape index (κ1) is 25.8. The molecule has 174 valence electrons. The second-order valence-electron chi connectivity index (χ2n) is 7.77. The standard InChI is InChI=1S/C18H30N6O7/c1-8(2)14(18(30)31)23-16(28)11-4-3-5-24(11)17(29)10(7-13(21)26)22-15(27)9(19)6-12(20)25/h8-11,14H,3-7,19H2,1-2H3,(H2,20,25)(H2,21,26)(H,22,27)(H,23,28)(H,30,31). The lowest BCUT2D eigenvalue weighted by Gasteiger charge is -2.30. The lowest BCUT2D eigenvalue weighted by Crippen LogP contribution is -2.58. The summed E-state index contributed by atoms with van der Waals surface area (Å²) in [6.07, 6.45) is -0.283. The normalized spacial score (nSPS) is 18.7. The summed E-state index contributed by atoms with van der Waals surface area (Å²) in [6, 6.07) is -4.85. The average Bonchev–Trinajstić information content (AvgIpc) is 3.13. The minimum atomic E-state index is -1.40. The number of likely N-dealkylation sites (tertiary alicyclic amines) is 1. The molecule has 4 atom stereocenters. The molecule has 1 heterocycles. The topological polar surface area (TPSA) is 228 Å². The number of nitrogens with two attached hydrogens (primary N) is 3. The summed E-state index contributed by atoms with van der Waals surface area (Å²) in [6.45, 7) is 3.42.